The molecule has 0 unspecified atom stereocenters. The van der Waals surface area contributed by atoms with E-state index in [1.54, 1.807) is 6.92 Å². The van der Waals surface area contributed by atoms with Crippen molar-refractivity contribution in [1.82, 2.24) is 4.98 Å². The number of hydrogen-bond donors (Lipinski definition) is 1. The minimum absolute atomic E-state index is 0.0471. The predicted octanol–water partition coefficient (Wildman–Crippen LogP) is 1.96. The van der Waals surface area contributed by atoms with Gasteiger partial charge in [-0.2, -0.15) is 0 Å². The maximum Gasteiger partial charge on any atom is 0.338 e. The molecule has 94 valence electrons. The van der Waals surface area contributed by atoms with E-state index in [-0.39, 0.29) is 24.3 Å². The van der Waals surface area contributed by atoms with Crippen LogP contribution in [0, 0.1) is 6.92 Å². The number of aromatic nitrogens is 1. The number of pyridine rings is 1. The van der Waals surface area contributed by atoms with E-state index < -0.39 is 18.1 Å². The number of esters is 1. The highest BCUT2D eigenvalue weighted by molar-refractivity contribution is 5.92. The number of carbonyl (C=O) groups is 1. The molecule has 2 N–H and O–H groups in total. The molecule has 0 aliphatic heterocycles. The van der Waals surface area contributed by atoms with E-state index >= 15 is 0 Å². The number of alkyl halides is 2. The van der Waals surface area contributed by atoms with Crippen molar-refractivity contribution in [2.75, 3.05) is 6.61 Å². The Morgan fingerprint density at radius 3 is 2.71 bits per heavy atom. The minimum atomic E-state index is -2.73. The summed E-state index contributed by atoms with van der Waals surface area (Å²) in [6.07, 6.45) is -1.53. The van der Waals surface area contributed by atoms with Gasteiger partial charge in [-0.15, -0.1) is 0 Å². The fourth-order valence-corrected chi connectivity index (χ4v) is 1.54. The van der Waals surface area contributed by atoms with Crippen molar-refractivity contribution in [1.29, 1.82) is 0 Å². The monoisotopic (exact) mass is 244 g/mol. The summed E-state index contributed by atoms with van der Waals surface area (Å²) in [4.78, 5) is 15.3. The van der Waals surface area contributed by atoms with E-state index in [9.17, 15) is 13.6 Å². The molecule has 4 nitrogen and oxygen atoms in total. The molecule has 6 heteroatoms. The summed E-state index contributed by atoms with van der Waals surface area (Å²) >= 11 is 0. The highest BCUT2D eigenvalue weighted by atomic mass is 19.3. The first kappa shape index (κ1) is 13.5. The topological polar surface area (TPSA) is 65.2 Å². The van der Waals surface area contributed by atoms with Crippen LogP contribution in [-0.2, 0) is 11.3 Å². The first-order valence-corrected chi connectivity index (χ1v) is 5.16. The summed E-state index contributed by atoms with van der Waals surface area (Å²) in [5.74, 6) is -0.644. The van der Waals surface area contributed by atoms with Gasteiger partial charge in [0.25, 0.3) is 6.43 Å². The highest BCUT2D eigenvalue weighted by Gasteiger charge is 2.22. The second-order valence-electron chi connectivity index (χ2n) is 3.39. The standard InChI is InChI=1S/C11H14F2N2O2/c1-3-17-11(16)8-6(2)9(10(12)13)15-5-7(8)4-14/h5,10H,3-4,14H2,1-2H3. The van der Waals surface area contributed by atoms with Gasteiger partial charge in [0, 0.05) is 12.7 Å². The molecule has 0 radical (unpaired) electrons. The van der Waals surface area contributed by atoms with E-state index in [2.05, 4.69) is 4.98 Å². The Hall–Kier alpha value is -1.56. The number of carbonyl (C=O) groups excluding carboxylic acids is 1. The van der Waals surface area contributed by atoms with Gasteiger partial charge in [-0.25, -0.2) is 13.6 Å². The molecule has 0 saturated heterocycles. The van der Waals surface area contributed by atoms with Gasteiger partial charge in [-0.1, -0.05) is 0 Å². The smallest absolute Gasteiger partial charge is 0.338 e. The van der Waals surface area contributed by atoms with E-state index in [0.29, 0.717) is 5.56 Å². The van der Waals surface area contributed by atoms with Gasteiger partial charge in [0.1, 0.15) is 5.69 Å². The van der Waals surface area contributed by atoms with Crippen LogP contribution in [0.15, 0.2) is 6.20 Å². The zero-order valence-electron chi connectivity index (χ0n) is 9.67. The van der Waals surface area contributed by atoms with Gasteiger partial charge in [-0.3, -0.25) is 4.98 Å². The summed E-state index contributed by atoms with van der Waals surface area (Å²) in [5, 5.41) is 0. The predicted molar refractivity (Wildman–Crippen MR) is 57.8 cm³/mol. The van der Waals surface area contributed by atoms with Crippen molar-refractivity contribution >= 4 is 5.97 Å². The lowest BCUT2D eigenvalue weighted by Gasteiger charge is -2.13. The molecular formula is C11H14F2N2O2. The molecule has 0 aliphatic carbocycles. The molecule has 0 spiro atoms. The van der Waals surface area contributed by atoms with Crippen LogP contribution >= 0.6 is 0 Å². The SMILES string of the molecule is CCOC(=O)c1c(CN)cnc(C(F)F)c1C. The Balaban J connectivity index is 3.32. The molecule has 1 aromatic heterocycles. The Bertz CT molecular complexity index is 422. The van der Waals surface area contributed by atoms with Gasteiger partial charge in [0.2, 0.25) is 0 Å². The fraction of sp³-hybridized carbons (Fsp3) is 0.455. The van der Waals surface area contributed by atoms with Crippen molar-refractivity contribution in [2.24, 2.45) is 5.73 Å². The lowest BCUT2D eigenvalue weighted by Crippen LogP contribution is -2.15. The first-order valence-electron chi connectivity index (χ1n) is 5.16. The van der Waals surface area contributed by atoms with Gasteiger partial charge < -0.3 is 10.5 Å². The van der Waals surface area contributed by atoms with Crippen LogP contribution in [0.25, 0.3) is 0 Å². The second-order valence-corrected chi connectivity index (χ2v) is 3.39. The largest absolute Gasteiger partial charge is 0.462 e. The lowest BCUT2D eigenvalue weighted by atomic mass is 10.0. The first-order chi connectivity index (χ1) is 8.02. The number of hydrogen-bond acceptors (Lipinski definition) is 4. The minimum Gasteiger partial charge on any atom is -0.462 e. The number of nitrogens with two attached hydrogens (primary N) is 1. The van der Waals surface area contributed by atoms with Crippen molar-refractivity contribution < 1.29 is 18.3 Å². The van der Waals surface area contributed by atoms with Gasteiger partial charge in [-0.05, 0) is 25.0 Å². The highest BCUT2D eigenvalue weighted by Crippen LogP contribution is 2.25. The molecule has 0 bridgehead atoms. The molecule has 0 atom stereocenters. The number of nitrogens with zero attached hydrogens (tertiary/aromatic N) is 1. The average molecular weight is 244 g/mol. The Labute approximate surface area is 97.8 Å². The third kappa shape index (κ3) is 2.76. The molecule has 1 heterocycles. The number of rotatable bonds is 4. The lowest BCUT2D eigenvalue weighted by molar-refractivity contribution is 0.0523. The molecule has 0 aliphatic rings. The van der Waals surface area contributed by atoms with Crippen molar-refractivity contribution in [3.8, 4) is 0 Å². The van der Waals surface area contributed by atoms with Crippen molar-refractivity contribution in [3.05, 3.63) is 28.6 Å². The summed E-state index contributed by atoms with van der Waals surface area (Å²) in [6.45, 7) is 3.28. The summed E-state index contributed by atoms with van der Waals surface area (Å²) in [6, 6.07) is 0. The normalized spacial score (nSPS) is 10.7. The average Bonchev–Trinajstić information content (AvgIpc) is 2.27. The van der Waals surface area contributed by atoms with Crippen molar-refractivity contribution in [3.63, 3.8) is 0 Å². The molecule has 17 heavy (non-hydrogen) atoms. The Morgan fingerprint density at radius 1 is 1.59 bits per heavy atom. The fourth-order valence-electron chi connectivity index (χ4n) is 1.54. The van der Waals surface area contributed by atoms with E-state index in [4.69, 9.17) is 10.5 Å². The molecular weight excluding hydrogens is 230 g/mol. The zero-order valence-corrected chi connectivity index (χ0v) is 9.67. The van der Waals surface area contributed by atoms with E-state index in [0.717, 1.165) is 0 Å². The summed E-state index contributed by atoms with van der Waals surface area (Å²) < 4.78 is 30.1. The quantitative estimate of drug-likeness (QED) is 0.822. The Morgan fingerprint density at radius 2 is 2.24 bits per heavy atom. The third-order valence-corrected chi connectivity index (χ3v) is 2.35. The Kier molecular flexibility index (Phi) is 4.51. The van der Waals surface area contributed by atoms with Gasteiger partial charge >= 0.3 is 5.97 Å². The maximum atomic E-state index is 12.6. The molecule has 0 saturated carbocycles. The van der Waals surface area contributed by atoms with Crippen molar-refractivity contribution in [2.45, 2.75) is 26.8 Å². The van der Waals surface area contributed by atoms with Crippen LogP contribution in [0.3, 0.4) is 0 Å². The molecule has 0 fully saturated rings. The van der Waals surface area contributed by atoms with Gasteiger partial charge in [0.15, 0.2) is 0 Å². The molecule has 1 aromatic rings. The van der Waals surface area contributed by atoms with Crippen LogP contribution in [-0.4, -0.2) is 17.6 Å². The molecule has 0 amide bonds. The van der Waals surface area contributed by atoms with Crippen LogP contribution < -0.4 is 5.73 Å². The second kappa shape index (κ2) is 5.67. The van der Waals surface area contributed by atoms with Crippen LogP contribution in [0.2, 0.25) is 0 Å². The van der Waals surface area contributed by atoms with Crippen LogP contribution in [0.5, 0.6) is 0 Å². The third-order valence-electron chi connectivity index (χ3n) is 2.35. The van der Waals surface area contributed by atoms with Gasteiger partial charge in [0.05, 0.1) is 12.2 Å². The van der Waals surface area contributed by atoms with Crippen LogP contribution in [0.4, 0.5) is 8.78 Å². The van der Waals surface area contributed by atoms with Crippen LogP contribution in [0.1, 0.15) is 40.5 Å². The van der Waals surface area contributed by atoms with E-state index in [1.165, 1.54) is 13.1 Å². The van der Waals surface area contributed by atoms with E-state index in [1.807, 2.05) is 0 Å². The summed E-state index contributed by atoms with van der Waals surface area (Å²) in [7, 11) is 0. The molecule has 1 rings (SSSR count). The maximum absolute atomic E-state index is 12.6. The molecule has 0 aromatic carbocycles. The summed E-state index contributed by atoms with van der Waals surface area (Å²) in [5.41, 5.74) is 5.66. The number of ether oxygens (including phenoxy) is 1. The number of halogens is 2. The zero-order chi connectivity index (χ0) is 13.0.